The summed E-state index contributed by atoms with van der Waals surface area (Å²) in [7, 11) is 1.76. The van der Waals surface area contributed by atoms with Crippen LogP contribution in [0.2, 0.25) is 0 Å². The molecule has 8 nitrogen and oxygen atoms in total. The first-order valence-electron chi connectivity index (χ1n) is 5.41. The summed E-state index contributed by atoms with van der Waals surface area (Å²) < 4.78 is 2.86. The number of aromatic amines is 1. The van der Waals surface area contributed by atoms with Gasteiger partial charge in [-0.2, -0.15) is 5.10 Å². The lowest BCUT2D eigenvalue weighted by atomic mass is 10.4. The number of H-pyrrole nitrogens is 1. The monoisotopic (exact) mass is 250 g/mol. The Labute approximate surface area is 102 Å². The molecule has 0 aliphatic carbocycles. The quantitative estimate of drug-likeness (QED) is 0.687. The first kappa shape index (κ1) is 12.0. The minimum atomic E-state index is -0.550. The molecule has 0 aromatic carbocycles. The Bertz CT molecular complexity index is 680. The second-order valence-corrected chi connectivity index (χ2v) is 3.79. The Morgan fingerprint density at radius 3 is 2.78 bits per heavy atom. The molecule has 4 N–H and O–H groups in total. The Morgan fingerprint density at radius 1 is 1.50 bits per heavy atom. The molecule has 0 fully saturated rings. The second-order valence-electron chi connectivity index (χ2n) is 3.79. The molecule has 0 atom stereocenters. The molecule has 8 heteroatoms. The Balaban J connectivity index is 2.51. The SMILES string of the molecule is CCn1c(N)c(Nc2cnn(C)c2)c(=O)[nH]c1=O. The molecule has 2 heterocycles. The van der Waals surface area contributed by atoms with Crippen molar-refractivity contribution in [3.05, 3.63) is 33.2 Å². The minimum absolute atomic E-state index is 0.107. The number of nitrogen functional groups attached to an aromatic ring is 1. The molecule has 0 unspecified atom stereocenters. The average Bonchev–Trinajstić information content (AvgIpc) is 2.70. The molecule has 0 aliphatic rings. The number of nitrogens with zero attached hydrogens (tertiary/aromatic N) is 3. The smallest absolute Gasteiger partial charge is 0.330 e. The maximum absolute atomic E-state index is 11.7. The fourth-order valence-corrected chi connectivity index (χ4v) is 1.65. The Kier molecular flexibility index (Phi) is 2.92. The van der Waals surface area contributed by atoms with Gasteiger partial charge in [0.15, 0.2) is 0 Å². The van der Waals surface area contributed by atoms with Gasteiger partial charge >= 0.3 is 5.69 Å². The van der Waals surface area contributed by atoms with Gasteiger partial charge in [0.05, 0.1) is 11.9 Å². The van der Waals surface area contributed by atoms with Crippen molar-refractivity contribution in [2.24, 2.45) is 7.05 Å². The van der Waals surface area contributed by atoms with Crippen LogP contribution >= 0.6 is 0 Å². The zero-order valence-electron chi connectivity index (χ0n) is 10.1. The number of aromatic nitrogens is 4. The average molecular weight is 250 g/mol. The zero-order valence-corrected chi connectivity index (χ0v) is 10.1. The van der Waals surface area contributed by atoms with Crippen LogP contribution in [-0.4, -0.2) is 19.3 Å². The normalized spacial score (nSPS) is 10.6. The molecule has 0 radical (unpaired) electrons. The first-order chi connectivity index (χ1) is 8.52. The summed E-state index contributed by atoms with van der Waals surface area (Å²) in [4.78, 5) is 25.4. The molecule has 96 valence electrons. The number of rotatable bonds is 3. The van der Waals surface area contributed by atoms with Crippen LogP contribution < -0.4 is 22.3 Å². The molecule has 18 heavy (non-hydrogen) atoms. The van der Waals surface area contributed by atoms with E-state index in [1.807, 2.05) is 0 Å². The number of nitrogens with one attached hydrogen (secondary N) is 2. The summed E-state index contributed by atoms with van der Waals surface area (Å²) >= 11 is 0. The lowest BCUT2D eigenvalue weighted by molar-refractivity contribution is 0.707. The van der Waals surface area contributed by atoms with E-state index < -0.39 is 11.2 Å². The van der Waals surface area contributed by atoms with Gasteiger partial charge in [-0.1, -0.05) is 0 Å². The summed E-state index contributed by atoms with van der Waals surface area (Å²) in [6.07, 6.45) is 3.25. The fourth-order valence-electron chi connectivity index (χ4n) is 1.65. The minimum Gasteiger partial charge on any atom is -0.383 e. The van der Waals surface area contributed by atoms with E-state index in [4.69, 9.17) is 5.73 Å². The summed E-state index contributed by atoms with van der Waals surface area (Å²) in [5.74, 6) is 0.107. The molecule has 0 saturated heterocycles. The van der Waals surface area contributed by atoms with Gasteiger partial charge in [0.1, 0.15) is 11.5 Å². The highest BCUT2D eigenvalue weighted by Gasteiger charge is 2.11. The molecule has 0 spiro atoms. The third-order valence-corrected chi connectivity index (χ3v) is 2.53. The van der Waals surface area contributed by atoms with E-state index in [9.17, 15) is 9.59 Å². The van der Waals surface area contributed by atoms with Crippen molar-refractivity contribution in [3.63, 3.8) is 0 Å². The third kappa shape index (κ3) is 1.99. The maximum atomic E-state index is 11.7. The van der Waals surface area contributed by atoms with Crippen molar-refractivity contribution in [2.75, 3.05) is 11.1 Å². The van der Waals surface area contributed by atoms with Gasteiger partial charge in [0, 0.05) is 19.8 Å². The van der Waals surface area contributed by atoms with Gasteiger partial charge in [0.25, 0.3) is 5.56 Å². The first-order valence-corrected chi connectivity index (χ1v) is 5.41. The second kappa shape index (κ2) is 4.40. The highest BCUT2D eigenvalue weighted by atomic mass is 16.2. The van der Waals surface area contributed by atoms with Crippen LogP contribution in [0.15, 0.2) is 22.0 Å². The lowest BCUT2D eigenvalue weighted by Crippen LogP contribution is -2.33. The van der Waals surface area contributed by atoms with Crippen LogP contribution in [0.4, 0.5) is 17.2 Å². The molecule has 2 rings (SSSR count). The molecule has 0 aliphatic heterocycles. The van der Waals surface area contributed by atoms with Crippen molar-refractivity contribution in [1.29, 1.82) is 0 Å². The maximum Gasteiger partial charge on any atom is 0.330 e. The van der Waals surface area contributed by atoms with E-state index in [0.29, 0.717) is 12.2 Å². The number of aryl methyl sites for hydroxylation is 1. The van der Waals surface area contributed by atoms with Crippen molar-refractivity contribution < 1.29 is 0 Å². The van der Waals surface area contributed by atoms with Crippen LogP contribution in [-0.2, 0) is 13.6 Å². The molecule has 0 bridgehead atoms. The van der Waals surface area contributed by atoms with Crippen LogP contribution in [0, 0.1) is 0 Å². The summed E-state index contributed by atoms with van der Waals surface area (Å²) in [6, 6.07) is 0. The topological polar surface area (TPSA) is 111 Å². The summed E-state index contributed by atoms with van der Waals surface area (Å²) in [5, 5.41) is 6.82. The van der Waals surface area contributed by atoms with Crippen molar-refractivity contribution in [1.82, 2.24) is 19.3 Å². The van der Waals surface area contributed by atoms with Crippen molar-refractivity contribution in [3.8, 4) is 0 Å². The van der Waals surface area contributed by atoms with Gasteiger partial charge in [-0.25, -0.2) is 4.79 Å². The van der Waals surface area contributed by atoms with Crippen LogP contribution in [0.1, 0.15) is 6.92 Å². The highest BCUT2D eigenvalue weighted by Crippen LogP contribution is 2.16. The van der Waals surface area contributed by atoms with E-state index in [-0.39, 0.29) is 11.5 Å². The van der Waals surface area contributed by atoms with Gasteiger partial charge < -0.3 is 11.1 Å². The summed E-state index contributed by atoms with van der Waals surface area (Å²) in [6.45, 7) is 2.15. The molecule has 0 saturated carbocycles. The fraction of sp³-hybridized carbons (Fsp3) is 0.300. The van der Waals surface area contributed by atoms with Gasteiger partial charge in [-0.15, -0.1) is 0 Å². The number of anilines is 3. The molecule has 2 aromatic rings. The predicted molar refractivity (Wildman–Crippen MR) is 67.9 cm³/mol. The largest absolute Gasteiger partial charge is 0.383 e. The summed E-state index contributed by atoms with van der Waals surface area (Å²) in [5.41, 5.74) is 5.50. The van der Waals surface area contributed by atoms with E-state index >= 15 is 0 Å². The van der Waals surface area contributed by atoms with Gasteiger partial charge in [0.2, 0.25) is 0 Å². The predicted octanol–water partition coefficient (Wildman–Crippen LogP) is -0.384. The molecular weight excluding hydrogens is 236 g/mol. The number of hydrogen-bond donors (Lipinski definition) is 3. The number of hydrogen-bond acceptors (Lipinski definition) is 5. The lowest BCUT2D eigenvalue weighted by Gasteiger charge is -2.11. The van der Waals surface area contributed by atoms with E-state index in [2.05, 4.69) is 15.4 Å². The Morgan fingerprint density at radius 2 is 2.22 bits per heavy atom. The van der Waals surface area contributed by atoms with Gasteiger partial charge in [-0.3, -0.25) is 19.0 Å². The number of nitrogens with two attached hydrogens (primary N) is 1. The molecule has 0 amide bonds. The van der Waals surface area contributed by atoms with Crippen LogP contribution in [0.25, 0.3) is 0 Å². The van der Waals surface area contributed by atoms with E-state index in [0.717, 1.165) is 0 Å². The van der Waals surface area contributed by atoms with E-state index in [1.54, 1.807) is 31.0 Å². The third-order valence-electron chi connectivity index (χ3n) is 2.53. The standard InChI is InChI=1S/C10H14N6O2/c1-3-16-8(11)7(9(17)14-10(16)18)13-6-4-12-15(2)5-6/h4-5,13H,3,11H2,1-2H3,(H,14,17,18). The van der Waals surface area contributed by atoms with E-state index in [1.165, 1.54) is 4.57 Å². The van der Waals surface area contributed by atoms with Crippen molar-refractivity contribution in [2.45, 2.75) is 13.5 Å². The van der Waals surface area contributed by atoms with Crippen LogP contribution in [0.5, 0.6) is 0 Å². The zero-order chi connectivity index (χ0) is 13.3. The van der Waals surface area contributed by atoms with Crippen molar-refractivity contribution >= 4 is 17.2 Å². The molecule has 2 aromatic heterocycles. The Hall–Kier alpha value is -2.51. The van der Waals surface area contributed by atoms with Crippen LogP contribution in [0.3, 0.4) is 0 Å². The molecular formula is C10H14N6O2. The van der Waals surface area contributed by atoms with Gasteiger partial charge in [-0.05, 0) is 6.92 Å². The highest BCUT2D eigenvalue weighted by molar-refractivity contribution is 5.68.